The standard InChI is InChI=1S/C27H32N12O6S2/c1-37-6-5-18-20(14-37)46-25(31-18)26(41)39-8-7-38(13-17(39)11-22(40)29-12-21-33-35-36-34-21)47(43,44)23-10-15-3-4-16(9-19(15)30-23)24(28)32-27(42)45-2/h3-4,9-10,17,30H,5-8,11-14H2,1-2H3,(H,29,40)(H2,28,32,42)(H,33,34,35,36). The number of benzene rings is 1. The molecule has 0 aliphatic carbocycles. The van der Waals surface area contributed by atoms with Crippen molar-refractivity contribution in [3.8, 4) is 0 Å². The summed E-state index contributed by atoms with van der Waals surface area (Å²) in [6, 6.07) is 5.44. The number of hydrogen-bond donors (Lipinski definition) is 5. The van der Waals surface area contributed by atoms with Crippen LogP contribution in [0.1, 0.15) is 38.2 Å². The summed E-state index contributed by atoms with van der Waals surface area (Å²) in [5.41, 5.74) is 1.66. The molecule has 18 nitrogen and oxygen atoms in total. The number of fused-ring (bicyclic) bond motifs is 2. The number of nitrogens with one attached hydrogen (secondary N) is 5. The maximum atomic E-state index is 13.9. The molecule has 1 fully saturated rings. The van der Waals surface area contributed by atoms with Crippen LogP contribution in [0.2, 0.25) is 0 Å². The number of piperazine rings is 1. The Bertz CT molecular complexity index is 1940. The van der Waals surface area contributed by atoms with Crippen molar-refractivity contribution in [2.75, 3.05) is 40.3 Å². The molecule has 3 aromatic heterocycles. The quantitative estimate of drug-likeness (QED) is 0.123. The largest absolute Gasteiger partial charge is 0.453 e. The first-order chi connectivity index (χ1) is 22.5. The number of alkyl carbamates (subject to hydrolysis) is 1. The molecule has 5 heterocycles. The van der Waals surface area contributed by atoms with Crippen LogP contribution < -0.4 is 10.6 Å². The Labute approximate surface area is 272 Å². The van der Waals surface area contributed by atoms with Crippen LogP contribution in [0.25, 0.3) is 10.9 Å². The summed E-state index contributed by atoms with van der Waals surface area (Å²) in [5.74, 6) is -0.706. The van der Waals surface area contributed by atoms with Crippen molar-refractivity contribution in [2.45, 2.75) is 37.0 Å². The highest BCUT2D eigenvalue weighted by molar-refractivity contribution is 7.89. The second-order valence-electron chi connectivity index (χ2n) is 11.1. The fourth-order valence-electron chi connectivity index (χ4n) is 5.51. The monoisotopic (exact) mass is 684 g/mol. The molecule has 1 aromatic carbocycles. The van der Waals surface area contributed by atoms with Gasteiger partial charge in [-0.25, -0.2) is 18.2 Å². The molecule has 4 aromatic rings. The average molecular weight is 685 g/mol. The molecule has 20 heteroatoms. The van der Waals surface area contributed by atoms with Crippen LogP contribution in [-0.2, 0) is 39.1 Å². The van der Waals surface area contributed by atoms with Gasteiger partial charge in [-0.1, -0.05) is 17.3 Å². The molecule has 2 aliphatic rings. The number of nitrogens with zero attached hydrogens (tertiary/aromatic N) is 7. The van der Waals surface area contributed by atoms with Gasteiger partial charge in [-0.3, -0.25) is 20.3 Å². The van der Waals surface area contributed by atoms with Gasteiger partial charge < -0.3 is 24.8 Å². The van der Waals surface area contributed by atoms with Crippen LogP contribution in [-0.4, -0.2) is 123 Å². The molecule has 2 aliphatic heterocycles. The molecule has 1 saturated heterocycles. The first-order valence-electron chi connectivity index (χ1n) is 14.6. The number of tetrazole rings is 1. The summed E-state index contributed by atoms with van der Waals surface area (Å²) in [7, 11) is -0.916. The van der Waals surface area contributed by atoms with Crippen molar-refractivity contribution in [3.05, 3.63) is 51.2 Å². The second-order valence-corrected chi connectivity index (χ2v) is 14.1. The summed E-state index contributed by atoms with van der Waals surface area (Å²) < 4.78 is 33.6. The van der Waals surface area contributed by atoms with Gasteiger partial charge in [0.25, 0.3) is 15.9 Å². The number of ether oxygens (including phenoxy) is 1. The molecule has 0 saturated carbocycles. The lowest BCUT2D eigenvalue weighted by molar-refractivity contribution is -0.122. The van der Waals surface area contributed by atoms with Crippen LogP contribution in [0.4, 0.5) is 4.79 Å². The van der Waals surface area contributed by atoms with Gasteiger partial charge in [0, 0.05) is 66.9 Å². The summed E-state index contributed by atoms with van der Waals surface area (Å²) >= 11 is 1.33. The lowest BCUT2D eigenvalue weighted by Gasteiger charge is -2.40. The Balaban J connectivity index is 1.23. The van der Waals surface area contributed by atoms with E-state index in [0.717, 1.165) is 23.5 Å². The van der Waals surface area contributed by atoms with Gasteiger partial charge in [-0.05, 0) is 19.2 Å². The lowest BCUT2D eigenvalue weighted by Crippen LogP contribution is -2.57. The summed E-state index contributed by atoms with van der Waals surface area (Å²) in [6.45, 7) is 1.46. The predicted octanol–water partition coefficient (Wildman–Crippen LogP) is 0.0286. The summed E-state index contributed by atoms with van der Waals surface area (Å²) in [5, 5.41) is 27.3. The predicted molar refractivity (Wildman–Crippen MR) is 167 cm³/mol. The van der Waals surface area contributed by atoms with Crippen molar-refractivity contribution >= 4 is 56.0 Å². The Morgan fingerprint density at radius 3 is 2.79 bits per heavy atom. The van der Waals surface area contributed by atoms with Crippen molar-refractivity contribution in [1.29, 1.82) is 5.41 Å². The number of hydrogen-bond acceptors (Lipinski definition) is 13. The number of sulfonamides is 1. The molecular weight excluding hydrogens is 653 g/mol. The topological polar surface area (TPSA) is 235 Å². The first kappa shape index (κ1) is 32.2. The molecule has 47 heavy (non-hydrogen) atoms. The van der Waals surface area contributed by atoms with Gasteiger partial charge in [0.15, 0.2) is 10.8 Å². The third-order valence-electron chi connectivity index (χ3n) is 7.98. The van der Waals surface area contributed by atoms with E-state index in [9.17, 15) is 22.8 Å². The van der Waals surface area contributed by atoms with E-state index in [-0.39, 0.29) is 55.2 Å². The molecule has 1 atom stereocenters. The van der Waals surface area contributed by atoms with E-state index in [4.69, 9.17) is 5.41 Å². The van der Waals surface area contributed by atoms with E-state index in [0.29, 0.717) is 28.0 Å². The number of amidine groups is 1. The zero-order valence-electron chi connectivity index (χ0n) is 25.4. The normalized spacial score (nSPS) is 17.3. The highest BCUT2D eigenvalue weighted by atomic mass is 32.2. The number of aromatic amines is 2. The number of rotatable bonds is 8. The summed E-state index contributed by atoms with van der Waals surface area (Å²) in [4.78, 5) is 50.6. The minimum atomic E-state index is -4.10. The van der Waals surface area contributed by atoms with Crippen molar-refractivity contribution in [2.24, 2.45) is 0 Å². The highest BCUT2D eigenvalue weighted by Crippen LogP contribution is 2.29. The van der Waals surface area contributed by atoms with Crippen LogP contribution in [0.5, 0.6) is 0 Å². The molecule has 248 valence electrons. The third kappa shape index (κ3) is 6.84. The zero-order valence-corrected chi connectivity index (χ0v) is 27.1. The van der Waals surface area contributed by atoms with Crippen molar-refractivity contribution in [3.63, 3.8) is 0 Å². The van der Waals surface area contributed by atoms with E-state index in [1.165, 1.54) is 33.7 Å². The molecule has 0 bridgehead atoms. The van der Waals surface area contributed by atoms with Crippen molar-refractivity contribution < 1.29 is 27.5 Å². The van der Waals surface area contributed by atoms with Crippen LogP contribution in [0, 0.1) is 5.41 Å². The maximum Gasteiger partial charge on any atom is 0.412 e. The molecule has 3 amide bonds. The molecule has 0 spiro atoms. The second kappa shape index (κ2) is 13.1. The molecule has 1 unspecified atom stereocenters. The number of likely N-dealkylation sites (N-methyl/N-ethyl adjacent to an activating group) is 1. The minimum Gasteiger partial charge on any atom is -0.453 e. The number of carbonyl (C=O) groups excluding carboxylic acids is 3. The van der Waals surface area contributed by atoms with E-state index >= 15 is 0 Å². The number of carbonyl (C=O) groups is 3. The molecule has 6 rings (SSSR count). The number of thiazole rings is 1. The summed E-state index contributed by atoms with van der Waals surface area (Å²) in [6.07, 6.45) is -0.240. The third-order valence-corrected chi connectivity index (χ3v) is 10.8. The first-order valence-corrected chi connectivity index (χ1v) is 16.8. The van der Waals surface area contributed by atoms with Gasteiger partial charge in [0.05, 0.1) is 25.4 Å². The SMILES string of the molecule is COC(=O)NC(=N)c1ccc2cc(S(=O)(=O)N3CCN(C(=O)c4nc5c(s4)CN(C)CC5)C(CC(=O)NCc4nn[nH]n4)C3)[nH]c2c1. The van der Waals surface area contributed by atoms with Gasteiger partial charge >= 0.3 is 6.09 Å². The maximum absolute atomic E-state index is 13.9. The van der Waals surface area contributed by atoms with E-state index < -0.39 is 28.1 Å². The minimum absolute atomic E-state index is 0.00279. The molecule has 5 N–H and O–H groups in total. The number of aromatic nitrogens is 6. The number of amides is 3. The van der Waals surface area contributed by atoms with E-state index in [2.05, 4.69) is 50.9 Å². The molecular formula is C27H32N12O6S2. The Hall–Kier alpha value is -4.79. The average Bonchev–Trinajstić information content (AvgIpc) is 3.83. The Morgan fingerprint density at radius 2 is 2.02 bits per heavy atom. The van der Waals surface area contributed by atoms with Crippen LogP contribution >= 0.6 is 11.3 Å². The Morgan fingerprint density at radius 1 is 1.19 bits per heavy atom. The fraction of sp³-hybridized carbons (Fsp3) is 0.407. The van der Waals surface area contributed by atoms with Crippen LogP contribution in [0.15, 0.2) is 29.3 Å². The van der Waals surface area contributed by atoms with E-state index in [1.807, 2.05) is 7.05 Å². The number of H-pyrrole nitrogens is 2. The van der Waals surface area contributed by atoms with Crippen molar-refractivity contribution in [1.82, 2.24) is 55.3 Å². The van der Waals surface area contributed by atoms with Gasteiger partial charge in [-0.2, -0.15) is 9.52 Å². The van der Waals surface area contributed by atoms with Gasteiger partial charge in [-0.15, -0.1) is 21.5 Å². The van der Waals surface area contributed by atoms with E-state index in [1.54, 1.807) is 18.2 Å². The van der Waals surface area contributed by atoms with Gasteiger partial charge in [0.1, 0.15) is 10.9 Å². The van der Waals surface area contributed by atoms with Gasteiger partial charge in [0.2, 0.25) is 5.91 Å². The lowest BCUT2D eigenvalue weighted by atomic mass is 10.1. The molecule has 0 radical (unpaired) electrons. The Kier molecular flexibility index (Phi) is 8.99. The fourth-order valence-corrected chi connectivity index (χ4v) is 8.13. The highest BCUT2D eigenvalue weighted by Gasteiger charge is 2.39. The van der Waals surface area contributed by atoms with Crippen LogP contribution in [0.3, 0.4) is 0 Å². The smallest absolute Gasteiger partial charge is 0.412 e. The zero-order chi connectivity index (χ0) is 33.3. The number of methoxy groups -OCH3 is 1.